The van der Waals surface area contributed by atoms with Gasteiger partial charge in [0.05, 0.1) is 18.4 Å². The lowest BCUT2D eigenvalue weighted by Gasteiger charge is -2.12. The minimum absolute atomic E-state index is 0.327. The normalized spacial score (nSPS) is 20.2. The number of piperidine rings is 1. The largest absolute Gasteiger partial charge is 0.497 e. The first-order valence-corrected chi connectivity index (χ1v) is 9.48. The minimum Gasteiger partial charge on any atom is -0.497 e. The van der Waals surface area contributed by atoms with Gasteiger partial charge in [-0.3, -0.25) is 4.90 Å². The molecule has 0 amide bonds. The zero-order valence-electron chi connectivity index (χ0n) is 16.4. The summed E-state index contributed by atoms with van der Waals surface area (Å²) in [6.07, 6.45) is 1.22. The second-order valence-corrected chi connectivity index (χ2v) is 6.78. The van der Waals surface area contributed by atoms with Gasteiger partial charge in [0.2, 0.25) is 0 Å². The van der Waals surface area contributed by atoms with Crippen molar-refractivity contribution in [1.29, 1.82) is 0 Å². The number of benzene rings is 2. The first-order chi connectivity index (χ1) is 14.2. The van der Waals surface area contributed by atoms with Gasteiger partial charge < -0.3 is 14.7 Å². The average molecular weight is 392 g/mol. The van der Waals surface area contributed by atoms with Crippen LogP contribution >= 0.6 is 0 Å². The molecule has 0 aliphatic carbocycles. The highest BCUT2D eigenvalue weighted by molar-refractivity contribution is 5.91. The van der Waals surface area contributed by atoms with E-state index in [2.05, 4.69) is 21.9 Å². The Balaban J connectivity index is 0.000000224. The molecule has 2 unspecified atom stereocenters. The van der Waals surface area contributed by atoms with E-state index in [4.69, 9.17) is 14.7 Å². The lowest BCUT2D eigenvalue weighted by Crippen LogP contribution is -2.23. The number of oxime groups is 1. The van der Waals surface area contributed by atoms with Gasteiger partial charge in [0.1, 0.15) is 5.75 Å². The van der Waals surface area contributed by atoms with E-state index in [-0.39, 0.29) is 0 Å². The highest BCUT2D eigenvalue weighted by Gasteiger charge is 2.35. The van der Waals surface area contributed by atoms with Crippen molar-refractivity contribution >= 4 is 11.7 Å². The molecule has 6 nitrogen and oxygen atoms in total. The Morgan fingerprint density at radius 2 is 2.07 bits per heavy atom. The van der Waals surface area contributed by atoms with Crippen LogP contribution in [0, 0.1) is 17.8 Å². The van der Waals surface area contributed by atoms with Crippen LogP contribution in [0.1, 0.15) is 22.3 Å². The molecule has 1 N–H and O–H groups in total. The van der Waals surface area contributed by atoms with Gasteiger partial charge in [0.15, 0.2) is 6.61 Å². The molecule has 2 fully saturated rings. The van der Waals surface area contributed by atoms with E-state index in [9.17, 15) is 4.79 Å². The zero-order chi connectivity index (χ0) is 20.5. The summed E-state index contributed by atoms with van der Waals surface area (Å²) in [6, 6.07) is 16.0. The van der Waals surface area contributed by atoms with Gasteiger partial charge in [-0.25, -0.2) is 4.79 Å². The predicted octanol–water partition coefficient (Wildman–Crippen LogP) is 3.14. The van der Waals surface area contributed by atoms with Crippen LogP contribution in [0.3, 0.4) is 0 Å². The number of rotatable bonds is 4. The number of carboxylic acid groups (broad SMARTS) is 1. The predicted molar refractivity (Wildman–Crippen MR) is 111 cm³/mol. The summed E-state index contributed by atoms with van der Waals surface area (Å²) in [6.45, 7) is 3.65. The summed E-state index contributed by atoms with van der Waals surface area (Å²) < 4.78 is 5.15. The number of carbonyl (C=O) groups is 1. The van der Waals surface area contributed by atoms with Gasteiger partial charge in [0.25, 0.3) is 0 Å². The number of methoxy groups -OCH3 is 1. The Hall–Kier alpha value is -3.30. The number of hydrogen-bond donors (Lipinski definition) is 1. The van der Waals surface area contributed by atoms with Crippen molar-refractivity contribution < 1.29 is 19.5 Å². The molecule has 0 aromatic heterocycles. The van der Waals surface area contributed by atoms with Crippen molar-refractivity contribution in [1.82, 2.24) is 4.90 Å². The van der Waals surface area contributed by atoms with Gasteiger partial charge in [0, 0.05) is 24.6 Å². The van der Waals surface area contributed by atoms with Crippen LogP contribution in [0.2, 0.25) is 0 Å². The Morgan fingerprint density at radius 1 is 1.24 bits per heavy atom. The van der Waals surface area contributed by atoms with Gasteiger partial charge in [-0.15, -0.1) is 0 Å². The topological polar surface area (TPSA) is 71.4 Å². The van der Waals surface area contributed by atoms with Crippen molar-refractivity contribution in [3.05, 3.63) is 65.7 Å². The molecule has 2 bridgehead atoms. The molecule has 0 radical (unpaired) electrons. The van der Waals surface area contributed by atoms with Crippen LogP contribution < -0.4 is 4.74 Å². The van der Waals surface area contributed by atoms with Crippen molar-refractivity contribution in [3.63, 3.8) is 0 Å². The Morgan fingerprint density at radius 3 is 2.69 bits per heavy atom. The van der Waals surface area contributed by atoms with E-state index in [1.807, 2.05) is 24.3 Å². The number of hydrogen-bond acceptors (Lipinski definition) is 5. The first-order valence-electron chi connectivity index (χ1n) is 9.48. The third-order valence-electron chi connectivity index (χ3n) is 4.77. The minimum atomic E-state index is -0.879. The molecule has 2 aliphatic heterocycles. The summed E-state index contributed by atoms with van der Waals surface area (Å²) in [4.78, 5) is 17.9. The van der Waals surface area contributed by atoms with Gasteiger partial charge in [-0.2, -0.15) is 0 Å². The quantitative estimate of drug-likeness (QED) is 0.492. The lowest BCUT2D eigenvalue weighted by molar-refractivity contribution is 0.0697. The van der Waals surface area contributed by atoms with Crippen LogP contribution in [0.5, 0.6) is 5.75 Å². The third-order valence-corrected chi connectivity index (χ3v) is 4.77. The lowest BCUT2D eigenvalue weighted by atomic mass is 10.0. The standard InChI is InChI=1S/C16H18N2O2.C7H6O2/c1-19-15-6-2-4-13(10-15)5-3-9-20-17-16-12-18-8-7-14(16)11-18;8-7(9)6-4-2-1-3-5-6/h2,4,6,10,14H,7-9,11-12H2,1H3;1-5H,(H,8,9)/b17-16+;. The second kappa shape index (κ2) is 10.3. The summed E-state index contributed by atoms with van der Waals surface area (Å²) >= 11 is 0. The maximum Gasteiger partial charge on any atom is 0.335 e. The zero-order valence-corrected chi connectivity index (χ0v) is 16.4. The number of carboxylic acids is 1. The van der Waals surface area contributed by atoms with E-state index in [1.54, 1.807) is 37.4 Å². The van der Waals surface area contributed by atoms with E-state index < -0.39 is 5.97 Å². The van der Waals surface area contributed by atoms with Gasteiger partial charge in [-0.1, -0.05) is 41.3 Å². The first kappa shape index (κ1) is 20.4. The van der Waals surface area contributed by atoms with E-state index >= 15 is 0 Å². The average Bonchev–Trinajstić information content (AvgIpc) is 3.38. The Bertz CT molecular complexity index is 915. The van der Waals surface area contributed by atoms with Crippen LogP contribution in [0.25, 0.3) is 0 Å². The van der Waals surface area contributed by atoms with E-state index in [0.29, 0.717) is 18.1 Å². The number of ether oxygens (including phenoxy) is 1. The van der Waals surface area contributed by atoms with Crippen molar-refractivity contribution in [2.24, 2.45) is 11.1 Å². The Kier molecular flexibility index (Phi) is 7.26. The summed E-state index contributed by atoms with van der Waals surface area (Å²) in [5, 5.41) is 12.6. The number of nitrogens with zero attached hydrogens (tertiary/aromatic N) is 2. The van der Waals surface area contributed by atoms with Crippen molar-refractivity contribution in [3.8, 4) is 17.6 Å². The fraction of sp³-hybridized carbons (Fsp3) is 0.304. The van der Waals surface area contributed by atoms with Gasteiger partial charge in [-0.05, 0) is 43.3 Å². The highest BCUT2D eigenvalue weighted by Crippen LogP contribution is 2.25. The summed E-state index contributed by atoms with van der Waals surface area (Å²) in [5.41, 5.74) is 2.43. The summed E-state index contributed by atoms with van der Waals surface area (Å²) in [5.74, 6) is 6.56. The highest BCUT2D eigenvalue weighted by atomic mass is 16.6. The van der Waals surface area contributed by atoms with E-state index in [1.165, 1.54) is 18.7 Å². The molecule has 2 heterocycles. The maximum atomic E-state index is 10.2. The molecule has 2 aromatic carbocycles. The molecule has 2 saturated heterocycles. The van der Waals surface area contributed by atoms with Crippen LogP contribution in [-0.4, -0.2) is 55.0 Å². The maximum absolute atomic E-state index is 10.2. The molecule has 2 aliphatic rings. The van der Waals surface area contributed by atoms with Crippen LogP contribution in [-0.2, 0) is 4.84 Å². The van der Waals surface area contributed by atoms with Gasteiger partial charge >= 0.3 is 5.97 Å². The molecule has 29 heavy (non-hydrogen) atoms. The molecular formula is C23H24N2O4. The van der Waals surface area contributed by atoms with Crippen LogP contribution in [0.15, 0.2) is 59.8 Å². The van der Waals surface area contributed by atoms with E-state index in [0.717, 1.165) is 24.4 Å². The van der Waals surface area contributed by atoms with Crippen molar-refractivity contribution in [2.45, 2.75) is 6.42 Å². The monoisotopic (exact) mass is 392 g/mol. The molecule has 150 valence electrons. The smallest absolute Gasteiger partial charge is 0.335 e. The molecule has 2 atom stereocenters. The SMILES string of the molecule is COc1cccc(C#CCO/N=C2\CN3CCC2C3)c1.O=C(O)c1ccccc1. The second-order valence-electron chi connectivity index (χ2n) is 6.78. The fourth-order valence-electron chi connectivity index (χ4n) is 3.28. The number of aromatic carboxylic acids is 1. The molecule has 2 aromatic rings. The third kappa shape index (κ3) is 6.09. The molecule has 6 heteroatoms. The molecular weight excluding hydrogens is 368 g/mol. The molecule has 4 rings (SSSR count). The fourth-order valence-corrected chi connectivity index (χ4v) is 3.28. The molecule has 0 saturated carbocycles. The molecule has 0 spiro atoms. The Labute approximate surface area is 170 Å². The van der Waals surface area contributed by atoms with Crippen molar-refractivity contribution in [2.75, 3.05) is 33.4 Å². The summed E-state index contributed by atoms with van der Waals surface area (Å²) in [7, 11) is 1.65. The van der Waals surface area contributed by atoms with Crippen LogP contribution in [0.4, 0.5) is 0 Å². The number of fused-ring (bicyclic) bond motifs is 2.